The molecular formula is C12H20O4. The Hall–Kier alpha value is -0.610. The Morgan fingerprint density at radius 3 is 2.62 bits per heavy atom. The average molecular weight is 228 g/mol. The Labute approximate surface area is 96.2 Å². The molecule has 0 unspecified atom stereocenters. The second-order valence-electron chi connectivity index (χ2n) is 5.32. The molecule has 0 aromatic rings. The average Bonchev–Trinajstić information content (AvgIpc) is 2.75. The summed E-state index contributed by atoms with van der Waals surface area (Å²) in [4.78, 5) is 11.7. The van der Waals surface area contributed by atoms with Crippen LogP contribution >= 0.6 is 0 Å². The van der Waals surface area contributed by atoms with Crippen LogP contribution in [-0.4, -0.2) is 31.1 Å². The predicted octanol–water partition coefficient (Wildman–Crippen LogP) is 1.73. The highest BCUT2D eigenvalue weighted by Gasteiger charge is 2.62. The van der Waals surface area contributed by atoms with Gasteiger partial charge in [-0.3, -0.25) is 4.79 Å². The van der Waals surface area contributed by atoms with E-state index in [2.05, 4.69) is 0 Å². The van der Waals surface area contributed by atoms with Crippen LogP contribution in [0.1, 0.15) is 34.1 Å². The Balaban J connectivity index is 1.93. The maximum atomic E-state index is 11.7. The van der Waals surface area contributed by atoms with E-state index in [1.165, 1.54) is 0 Å². The van der Waals surface area contributed by atoms with Crippen LogP contribution in [0.25, 0.3) is 0 Å². The van der Waals surface area contributed by atoms with Crippen molar-refractivity contribution in [3.63, 3.8) is 0 Å². The Morgan fingerprint density at radius 1 is 1.44 bits per heavy atom. The van der Waals surface area contributed by atoms with E-state index in [0.717, 1.165) is 6.42 Å². The second kappa shape index (κ2) is 3.70. The van der Waals surface area contributed by atoms with Gasteiger partial charge in [0.1, 0.15) is 0 Å². The van der Waals surface area contributed by atoms with Gasteiger partial charge in [0.15, 0.2) is 5.79 Å². The van der Waals surface area contributed by atoms with Crippen molar-refractivity contribution in [2.75, 3.05) is 13.2 Å². The van der Waals surface area contributed by atoms with Gasteiger partial charge in [0.2, 0.25) is 0 Å². The van der Waals surface area contributed by atoms with Crippen molar-refractivity contribution in [1.29, 1.82) is 0 Å². The Bertz CT molecular complexity index is 299. The summed E-state index contributed by atoms with van der Waals surface area (Å²) in [5, 5.41) is 0. The van der Waals surface area contributed by atoms with Crippen molar-refractivity contribution < 1.29 is 19.0 Å². The van der Waals surface area contributed by atoms with Gasteiger partial charge in [0.25, 0.3) is 0 Å². The van der Waals surface area contributed by atoms with E-state index in [1.54, 1.807) is 0 Å². The van der Waals surface area contributed by atoms with E-state index in [-0.39, 0.29) is 23.4 Å². The van der Waals surface area contributed by atoms with E-state index >= 15 is 0 Å². The first-order chi connectivity index (χ1) is 7.39. The minimum atomic E-state index is -0.511. The molecule has 1 aliphatic heterocycles. The highest BCUT2D eigenvalue weighted by atomic mass is 16.7. The molecule has 16 heavy (non-hydrogen) atoms. The van der Waals surface area contributed by atoms with Gasteiger partial charge in [0, 0.05) is 5.92 Å². The third-order valence-electron chi connectivity index (χ3n) is 3.52. The summed E-state index contributed by atoms with van der Waals surface area (Å²) in [6.45, 7) is 8.59. The van der Waals surface area contributed by atoms with Crippen molar-refractivity contribution in [3.8, 4) is 0 Å². The minimum Gasteiger partial charge on any atom is -0.466 e. The van der Waals surface area contributed by atoms with Crippen molar-refractivity contribution in [2.24, 2.45) is 11.3 Å². The summed E-state index contributed by atoms with van der Waals surface area (Å²) < 4.78 is 16.4. The third kappa shape index (κ3) is 1.96. The van der Waals surface area contributed by atoms with E-state index in [9.17, 15) is 4.79 Å². The molecule has 1 aliphatic carbocycles. The quantitative estimate of drug-likeness (QED) is 0.690. The number of rotatable bonds is 3. The zero-order valence-corrected chi connectivity index (χ0v) is 10.4. The van der Waals surface area contributed by atoms with Gasteiger partial charge < -0.3 is 14.2 Å². The van der Waals surface area contributed by atoms with Crippen LogP contribution in [0.5, 0.6) is 0 Å². The summed E-state index contributed by atoms with van der Waals surface area (Å²) in [5.41, 5.74) is -0.357. The normalized spacial score (nSPS) is 40.8. The van der Waals surface area contributed by atoms with Gasteiger partial charge in [-0.2, -0.15) is 0 Å². The largest absolute Gasteiger partial charge is 0.466 e. The van der Waals surface area contributed by atoms with Crippen molar-refractivity contribution >= 4 is 5.97 Å². The van der Waals surface area contributed by atoms with Crippen LogP contribution in [0.15, 0.2) is 0 Å². The summed E-state index contributed by atoms with van der Waals surface area (Å²) in [5.74, 6) is -0.371. The zero-order chi connectivity index (χ0) is 12.0. The van der Waals surface area contributed by atoms with Crippen LogP contribution in [0.2, 0.25) is 0 Å². The highest BCUT2D eigenvalue weighted by molar-refractivity contribution is 5.80. The third-order valence-corrected chi connectivity index (χ3v) is 3.52. The van der Waals surface area contributed by atoms with Crippen LogP contribution < -0.4 is 0 Å². The maximum absolute atomic E-state index is 11.7. The second-order valence-corrected chi connectivity index (χ2v) is 5.32. The lowest BCUT2D eigenvalue weighted by atomic mass is 10.0. The molecular weight excluding hydrogens is 208 g/mol. The van der Waals surface area contributed by atoms with Gasteiger partial charge in [-0.1, -0.05) is 0 Å². The first-order valence-electron chi connectivity index (χ1n) is 5.88. The van der Waals surface area contributed by atoms with Crippen molar-refractivity contribution in [2.45, 2.75) is 46.0 Å². The van der Waals surface area contributed by atoms with E-state index in [0.29, 0.717) is 13.2 Å². The Kier molecular flexibility index (Phi) is 2.75. The lowest BCUT2D eigenvalue weighted by molar-refractivity contribution is -0.154. The molecule has 2 fully saturated rings. The zero-order valence-electron chi connectivity index (χ0n) is 10.4. The topological polar surface area (TPSA) is 44.8 Å². The number of carbonyl (C=O) groups excluding carboxylic acids is 1. The SMILES string of the molecule is CCOC(=O)[C@@]1(C)C[C@@H]1[C@@H]1COC(C)(C)O1. The standard InChI is InChI=1S/C12H20O4/c1-5-14-10(13)12(4)6-8(12)9-7-15-11(2,3)16-9/h8-9H,5-7H2,1-4H3/t8-,9+,12+/m1/s1. The molecule has 0 bridgehead atoms. The first kappa shape index (κ1) is 11.9. The van der Waals surface area contributed by atoms with Gasteiger partial charge in [-0.25, -0.2) is 0 Å². The van der Waals surface area contributed by atoms with Gasteiger partial charge >= 0.3 is 5.97 Å². The molecule has 0 aromatic carbocycles. The number of ether oxygens (including phenoxy) is 3. The molecule has 92 valence electrons. The van der Waals surface area contributed by atoms with Crippen LogP contribution in [0.3, 0.4) is 0 Å². The number of hydrogen-bond acceptors (Lipinski definition) is 4. The van der Waals surface area contributed by atoms with E-state index < -0.39 is 5.79 Å². The number of carbonyl (C=O) groups is 1. The highest BCUT2D eigenvalue weighted by Crippen LogP contribution is 2.57. The van der Waals surface area contributed by atoms with Crippen molar-refractivity contribution in [3.05, 3.63) is 0 Å². The first-order valence-corrected chi connectivity index (χ1v) is 5.88. The summed E-state index contributed by atoms with van der Waals surface area (Å²) >= 11 is 0. The summed E-state index contributed by atoms with van der Waals surface area (Å²) in [6, 6.07) is 0. The molecule has 1 saturated carbocycles. The molecule has 4 heteroatoms. The Morgan fingerprint density at radius 2 is 2.12 bits per heavy atom. The van der Waals surface area contributed by atoms with Crippen LogP contribution in [-0.2, 0) is 19.0 Å². The molecule has 3 atom stereocenters. The summed E-state index contributed by atoms with van der Waals surface area (Å²) in [6.07, 6.45) is 0.875. The molecule has 0 N–H and O–H groups in total. The van der Waals surface area contributed by atoms with Crippen LogP contribution in [0.4, 0.5) is 0 Å². The van der Waals surface area contributed by atoms with Gasteiger partial charge in [-0.05, 0) is 34.1 Å². The monoisotopic (exact) mass is 228 g/mol. The molecule has 1 saturated heterocycles. The van der Waals surface area contributed by atoms with E-state index in [1.807, 2.05) is 27.7 Å². The van der Waals surface area contributed by atoms with Gasteiger partial charge in [-0.15, -0.1) is 0 Å². The molecule has 2 rings (SSSR count). The predicted molar refractivity (Wildman–Crippen MR) is 57.8 cm³/mol. The maximum Gasteiger partial charge on any atom is 0.312 e. The molecule has 0 spiro atoms. The fraction of sp³-hybridized carbons (Fsp3) is 0.917. The van der Waals surface area contributed by atoms with E-state index in [4.69, 9.17) is 14.2 Å². The minimum absolute atomic E-state index is 0.0319. The smallest absolute Gasteiger partial charge is 0.312 e. The van der Waals surface area contributed by atoms with Gasteiger partial charge in [0.05, 0.1) is 24.7 Å². The molecule has 1 heterocycles. The molecule has 0 aromatic heterocycles. The van der Waals surface area contributed by atoms with Crippen LogP contribution in [0, 0.1) is 11.3 Å². The molecule has 0 amide bonds. The molecule has 2 aliphatic rings. The fourth-order valence-corrected chi connectivity index (χ4v) is 2.38. The van der Waals surface area contributed by atoms with Crippen molar-refractivity contribution in [1.82, 2.24) is 0 Å². The number of hydrogen-bond donors (Lipinski definition) is 0. The number of esters is 1. The molecule has 0 radical (unpaired) electrons. The lowest BCUT2D eigenvalue weighted by Crippen LogP contribution is -2.26. The lowest BCUT2D eigenvalue weighted by Gasteiger charge is -2.18. The molecule has 4 nitrogen and oxygen atoms in total. The summed E-state index contributed by atoms with van der Waals surface area (Å²) in [7, 11) is 0. The fourth-order valence-electron chi connectivity index (χ4n) is 2.38.